The summed E-state index contributed by atoms with van der Waals surface area (Å²) < 4.78 is 0. The molecule has 0 fully saturated rings. The van der Waals surface area contributed by atoms with Crippen LogP contribution in [0.3, 0.4) is 0 Å². The molecule has 4 unspecified atom stereocenters. The highest BCUT2D eigenvalue weighted by Gasteiger charge is 2.08. The Balaban J connectivity index is 3.89. The lowest BCUT2D eigenvalue weighted by molar-refractivity contribution is -0.137. The van der Waals surface area contributed by atoms with Crippen LogP contribution in [0, 0.1) is 0 Å². The van der Waals surface area contributed by atoms with Crippen molar-refractivity contribution < 1.29 is 30.3 Å². The second-order valence-electron chi connectivity index (χ2n) is 6.17. The zero-order valence-electron chi connectivity index (χ0n) is 15.3. The van der Waals surface area contributed by atoms with E-state index in [1.54, 1.807) is 43.4 Å². The van der Waals surface area contributed by atoms with Crippen molar-refractivity contribution in [2.24, 2.45) is 0 Å². The quantitative estimate of drug-likeness (QED) is 0.237. The van der Waals surface area contributed by atoms with Gasteiger partial charge in [0.05, 0.1) is 24.4 Å². The Morgan fingerprint density at radius 2 is 1.50 bits per heavy atom. The maximum absolute atomic E-state index is 10.4. The predicted molar refractivity (Wildman–Crippen MR) is 102 cm³/mol. The lowest BCUT2D eigenvalue weighted by Crippen LogP contribution is -2.21. The van der Waals surface area contributed by atoms with Gasteiger partial charge in [-0.15, -0.1) is 0 Å². The standard InChI is InChI=1S/C20H32O6/c1-16(21)19(24)14-8-4-7-12-17(22)10-5-2-3-6-11-18(23)13-9-15-20(25)26/h2-7,10-11,16-19,21-24H,8-9,12-15H2,1H3,(H,25,26)/b3-2+,7-4-,10-5+,11-6-. The predicted octanol–water partition coefficient (Wildman–Crippen LogP) is 2.10. The Hall–Kier alpha value is -1.73. The third kappa shape index (κ3) is 15.8. The van der Waals surface area contributed by atoms with Gasteiger partial charge in [-0.1, -0.05) is 48.6 Å². The molecule has 5 N–H and O–H groups in total. The van der Waals surface area contributed by atoms with Gasteiger partial charge in [0.1, 0.15) is 0 Å². The lowest BCUT2D eigenvalue weighted by Gasteiger charge is -2.11. The first kappa shape index (κ1) is 24.3. The smallest absolute Gasteiger partial charge is 0.303 e. The molecule has 0 heterocycles. The summed E-state index contributed by atoms with van der Waals surface area (Å²) in [6.45, 7) is 1.55. The maximum Gasteiger partial charge on any atom is 0.303 e. The average molecular weight is 368 g/mol. The highest BCUT2D eigenvalue weighted by molar-refractivity contribution is 5.66. The summed E-state index contributed by atoms with van der Waals surface area (Å²) in [7, 11) is 0. The molecule has 6 heteroatoms. The van der Waals surface area contributed by atoms with Crippen molar-refractivity contribution >= 4 is 5.97 Å². The molecule has 0 aliphatic heterocycles. The molecule has 0 aliphatic carbocycles. The van der Waals surface area contributed by atoms with Gasteiger partial charge in [0.2, 0.25) is 0 Å². The van der Waals surface area contributed by atoms with Crippen LogP contribution in [0.15, 0.2) is 48.6 Å². The minimum absolute atomic E-state index is 0.0525. The van der Waals surface area contributed by atoms with Crippen molar-refractivity contribution in [3.63, 3.8) is 0 Å². The molecular formula is C20H32O6. The summed E-state index contributed by atoms with van der Waals surface area (Å²) in [5.74, 6) is -0.864. The maximum atomic E-state index is 10.4. The Labute approximate surface area is 155 Å². The van der Waals surface area contributed by atoms with Gasteiger partial charge in [-0.25, -0.2) is 0 Å². The lowest BCUT2D eigenvalue weighted by atomic mass is 10.1. The number of carbonyl (C=O) groups is 1. The Morgan fingerprint density at radius 3 is 2.08 bits per heavy atom. The molecule has 148 valence electrons. The Kier molecular flexibility index (Phi) is 14.5. The van der Waals surface area contributed by atoms with E-state index >= 15 is 0 Å². The number of carboxylic acid groups (broad SMARTS) is 1. The van der Waals surface area contributed by atoms with Crippen LogP contribution >= 0.6 is 0 Å². The number of aliphatic hydroxyl groups excluding tert-OH is 4. The van der Waals surface area contributed by atoms with E-state index in [1.807, 2.05) is 12.2 Å². The zero-order chi connectivity index (χ0) is 19.8. The minimum atomic E-state index is -0.864. The number of hydrogen-bond donors (Lipinski definition) is 5. The fourth-order valence-corrected chi connectivity index (χ4v) is 2.01. The molecule has 0 aromatic rings. The van der Waals surface area contributed by atoms with Gasteiger partial charge < -0.3 is 25.5 Å². The number of rotatable bonds is 14. The molecular weight excluding hydrogens is 336 g/mol. The van der Waals surface area contributed by atoms with Crippen molar-refractivity contribution in [3.8, 4) is 0 Å². The molecule has 4 atom stereocenters. The second kappa shape index (κ2) is 15.5. The monoisotopic (exact) mass is 368 g/mol. The van der Waals surface area contributed by atoms with Gasteiger partial charge >= 0.3 is 5.97 Å². The van der Waals surface area contributed by atoms with Crippen molar-refractivity contribution in [2.45, 2.75) is 69.9 Å². The van der Waals surface area contributed by atoms with Gasteiger partial charge in [-0.05, 0) is 39.0 Å². The first-order valence-corrected chi connectivity index (χ1v) is 8.93. The van der Waals surface area contributed by atoms with Crippen LogP contribution in [0.5, 0.6) is 0 Å². The highest BCUT2D eigenvalue weighted by Crippen LogP contribution is 2.05. The van der Waals surface area contributed by atoms with Crippen LogP contribution in [0.2, 0.25) is 0 Å². The van der Waals surface area contributed by atoms with E-state index in [0.29, 0.717) is 32.1 Å². The number of aliphatic hydroxyl groups is 4. The second-order valence-corrected chi connectivity index (χ2v) is 6.17. The molecule has 0 aliphatic rings. The number of aliphatic carboxylic acids is 1. The molecule has 0 saturated heterocycles. The summed E-state index contributed by atoms with van der Waals surface area (Å²) in [5.41, 5.74) is 0. The topological polar surface area (TPSA) is 118 Å². The third-order valence-corrected chi connectivity index (χ3v) is 3.62. The molecule has 0 rings (SSSR count). The summed E-state index contributed by atoms with van der Waals surface area (Å²) in [5, 5.41) is 46.4. The zero-order valence-corrected chi connectivity index (χ0v) is 15.3. The molecule has 0 aromatic heterocycles. The minimum Gasteiger partial charge on any atom is -0.481 e. The number of carboxylic acids is 1. The molecule has 0 bridgehead atoms. The van der Waals surface area contributed by atoms with Crippen molar-refractivity contribution in [1.82, 2.24) is 0 Å². The van der Waals surface area contributed by atoms with E-state index in [2.05, 4.69) is 0 Å². The first-order chi connectivity index (χ1) is 12.3. The van der Waals surface area contributed by atoms with Gasteiger partial charge in [-0.2, -0.15) is 0 Å². The van der Waals surface area contributed by atoms with Gasteiger partial charge in [0.15, 0.2) is 0 Å². The average Bonchev–Trinajstić information content (AvgIpc) is 2.56. The van der Waals surface area contributed by atoms with E-state index in [4.69, 9.17) is 10.2 Å². The van der Waals surface area contributed by atoms with Crippen molar-refractivity contribution in [2.75, 3.05) is 0 Å². The molecule has 0 saturated carbocycles. The van der Waals surface area contributed by atoms with E-state index in [-0.39, 0.29) is 6.42 Å². The summed E-state index contributed by atoms with van der Waals surface area (Å²) in [6, 6.07) is 0. The fraction of sp³-hybridized carbons (Fsp3) is 0.550. The summed E-state index contributed by atoms with van der Waals surface area (Å²) >= 11 is 0. The molecule has 0 amide bonds. The van der Waals surface area contributed by atoms with E-state index < -0.39 is 30.4 Å². The normalized spacial score (nSPS) is 17.4. The van der Waals surface area contributed by atoms with Crippen LogP contribution in [0.1, 0.15) is 45.4 Å². The highest BCUT2D eigenvalue weighted by atomic mass is 16.4. The molecule has 6 nitrogen and oxygen atoms in total. The van der Waals surface area contributed by atoms with Crippen LogP contribution in [-0.4, -0.2) is 55.9 Å². The fourth-order valence-electron chi connectivity index (χ4n) is 2.01. The molecule has 0 spiro atoms. The summed E-state index contributed by atoms with van der Waals surface area (Å²) in [6.07, 6.45) is 13.5. The van der Waals surface area contributed by atoms with Crippen LogP contribution in [0.4, 0.5) is 0 Å². The first-order valence-electron chi connectivity index (χ1n) is 8.93. The van der Waals surface area contributed by atoms with Crippen LogP contribution < -0.4 is 0 Å². The number of hydrogen-bond acceptors (Lipinski definition) is 5. The van der Waals surface area contributed by atoms with Crippen molar-refractivity contribution in [1.29, 1.82) is 0 Å². The van der Waals surface area contributed by atoms with E-state index in [9.17, 15) is 20.1 Å². The SMILES string of the molecule is CC(O)C(O)CC/C=C\CC(O)/C=C/C=C/C=C\C(O)CCCC(=O)O. The van der Waals surface area contributed by atoms with Crippen molar-refractivity contribution in [3.05, 3.63) is 48.6 Å². The number of allylic oxidation sites excluding steroid dienone is 5. The van der Waals surface area contributed by atoms with E-state index in [1.165, 1.54) is 0 Å². The largest absolute Gasteiger partial charge is 0.481 e. The van der Waals surface area contributed by atoms with Gasteiger partial charge in [-0.3, -0.25) is 4.79 Å². The van der Waals surface area contributed by atoms with E-state index in [0.717, 1.165) is 0 Å². The third-order valence-electron chi connectivity index (χ3n) is 3.62. The van der Waals surface area contributed by atoms with Crippen LogP contribution in [0.25, 0.3) is 0 Å². The van der Waals surface area contributed by atoms with Gasteiger partial charge in [0, 0.05) is 6.42 Å². The van der Waals surface area contributed by atoms with Crippen LogP contribution in [-0.2, 0) is 4.79 Å². The Morgan fingerprint density at radius 1 is 0.885 bits per heavy atom. The summed E-state index contributed by atoms with van der Waals surface area (Å²) in [4.78, 5) is 10.4. The molecule has 26 heavy (non-hydrogen) atoms. The molecule has 0 radical (unpaired) electrons. The Bertz CT molecular complexity index is 479. The van der Waals surface area contributed by atoms with Gasteiger partial charge in [0.25, 0.3) is 0 Å². The molecule has 0 aromatic carbocycles.